The summed E-state index contributed by atoms with van der Waals surface area (Å²) in [5.41, 5.74) is 3.37. The van der Waals surface area contributed by atoms with Crippen LogP contribution in [0, 0.1) is 6.92 Å². The number of hydrogen-bond donors (Lipinski definition) is 0. The second kappa shape index (κ2) is 8.37. The third-order valence-corrected chi connectivity index (χ3v) is 5.33. The van der Waals surface area contributed by atoms with Crippen molar-refractivity contribution < 1.29 is 4.79 Å². The molecular weight excluding hydrogens is 372 g/mol. The number of aryl methyl sites for hydroxylation is 1. The minimum atomic E-state index is -0.127. The van der Waals surface area contributed by atoms with Crippen LogP contribution < -0.4 is 10.5 Å². The number of amides is 1. The predicted molar refractivity (Wildman–Crippen MR) is 122 cm³/mol. The molecule has 0 unspecified atom stereocenters. The van der Waals surface area contributed by atoms with Crippen molar-refractivity contribution in [3.8, 4) is 0 Å². The summed E-state index contributed by atoms with van der Waals surface area (Å²) in [5, 5.41) is 2.24. The standard InChI is InChI=1S/C26H24N2O2/c1-3-28(23-12-6-8-19(2)16-23)26(30)22-14-15-25(29)27(18-22)17-21-11-7-10-20-9-4-5-13-24(20)21/h4-16,18H,3,17H2,1-2H3. The third-order valence-electron chi connectivity index (χ3n) is 5.33. The lowest BCUT2D eigenvalue weighted by Crippen LogP contribution is -2.32. The minimum Gasteiger partial charge on any atom is -0.310 e. The number of nitrogens with zero attached hydrogens (tertiary/aromatic N) is 2. The lowest BCUT2D eigenvalue weighted by Gasteiger charge is -2.22. The van der Waals surface area contributed by atoms with Crippen molar-refractivity contribution in [3.63, 3.8) is 0 Å². The summed E-state index contributed by atoms with van der Waals surface area (Å²) in [7, 11) is 0. The van der Waals surface area contributed by atoms with Crippen LogP contribution in [0.4, 0.5) is 5.69 Å². The van der Waals surface area contributed by atoms with Crippen LogP contribution in [0.3, 0.4) is 0 Å². The van der Waals surface area contributed by atoms with Crippen molar-refractivity contribution in [2.75, 3.05) is 11.4 Å². The summed E-state index contributed by atoms with van der Waals surface area (Å²) < 4.78 is 1.61. The molecule has 0 bridgehead atoms. The van der Waals surface area contributed by atoms with Crippen LogP contribution >= 0.6 is 0 Å². The van der Waals surface area contributed by atoms with Gasteiger partial charge in [0.15, 0.2) is 0 Å². The van der Waals surface area contributed by atoms with Crippen molar-refractivity contribution in [3.05, 3.63) is 112 Å². The Balaban J connectivity index is 1.69. The van der Waals surface area contributed by atoms with Crippen molar-refractivity contribution in [2.24, 2.45) is 0 Å². The predicted octanol–water partition coefficient (Wildman–Crippen LogP) is 5.02. The molecule has 4 heteroatoms. The number of carbonyl (C=O) groups excluding carboxylic acids is 1. The van der Waals surface area contributed by atoms with E-state index < -0.39 is 0 Å². The number of benzene rings is 3. The Morgan fingerprint density at radius 3 is 2.50 bits per heavy atom. The van der Waals surface area contributed by atoms with Gasteiger partial charge in [0.2, 0.25) is 0 Å². The average molecular weight is 396 g/mol. The van der Waals surface area contributed by atoms with Crippen LogP contribution in [0.25, 0.3) is 10.8 Å². The number of pyridine rings is 1. The maximum atomic E-state index is 13.2. The summed E-state index contributed by atoms with van der Waals surface area (Å²) in [6, 6.07) is 25.2. The van der Waals surface area contributed by atoms with E-state index in [9.17, 15) is 9.59 Å². The molecule has 0 aliphatic carbocycles. The molecule has 3 aromatic carbocycles. The maximum Gasteiger partial charge on any atom is 0.259 e. The van der Waals surface area contributed by atoms with E-state index in [1.807, 2.05) is 62.4 Å². The highest BCUT2D eigenvalue weighted by Gasteiger charge is 2.17. The first-order valence-corrected chi connectivity index (χ1v) is 10.1. The molecule has 0 saturated heterocycles. The molecule has 150 valence electrons. The topological polar surface area (TPSA) is 42.3 Å². The summed E-state index contributed by atoms with van der Waals surface area (Å²) >= 11 is 0. The highest BCUT2D eigenvalue weighted by molar-refractivity contribution is 6.05. The first-order valence-electron chi connectivity index (χ1n) is 10.1. The summed E-state index contributed by atoms with van der Waals surface area (Å²) in [6.07, 6.45) is 1.67. The normalized spacial score (nSPS) is 10.9. The molecule has 0 aliphatic rings. The molecule has 4 aromatic rings. The number of hydrogen-bond acceptors (Lipinski definition) is 2. The Kier molecular flexibility index (Phi) is 5.48. The SMILES string of the molecule is CCN(C(=O)c1ccc(=O)n(Cc2cccc3ccccc23)c1)c1cccc(C)c1. The molecule has 0 saturated carbocycles. The van der Waals surface area contributed by atoms with E-state index in [4.69, 9.17) is 0 Å². The molecule has 0 N–H and O–H groups in total. The van der Waals surface area contributed by atoms with Crippen LogP contribution in [-0.2, 0) is 6.54 Å². The fourth-order valence-electron chi connectivity index (χ4n) is 3.79. The molecule has 0 fully saturated rings. The van der Waals surface area contributed by atoms with Gasteiger partial charge in [0.25, 0.3) is 11.5 Å². The number of carbonyl (C=O) groups is 1. The molecule has 4 nitrogen and oxygen atoms in total. The minimum absolute atomic E-state index is 0.116. The van der Waals surface area contributed by atoms with Crippen LogP contribution in [0.5, 0.6) is 0 Å². The summed E-state index contributed by atoms with van der Waals surface area (Å²) in [5.74, 6) is -0.116. The zero-order valence-electron chi connectivity index (χ0n) is 17.2. The van der Waals surface area contributed by atoms with E-state index in [1.165, 1.54) is 6.07 Å². The van der Waals surface area contributed by atoms with Gasteiger partial charge in [0.05, 0.1) is 12.1 Å². The average Bonchev–Trinajstić information content (AvgIpc) is 2.76. The Labute approximate surface area is 176 Å². The molecule has 1 amide bonds. The second-order valence-electron chi connectivity index (χ2n) is 7.41. The number of anilines is 1. The van der Waals surface area contributed by atoms with Crippen molar-refractivity contribution in [1.29, 1.82) is 0 Å². The van der Waals surface area contributed by atoms with Gasteiger partial charge in [-0.2, -0.15) is 0 Å². The summed E-state index contributed by atoms with van der Waals surface area (Å²) in [6.45, 7) is 4.92. The van der Waals surface area contributed by atoms with Gasteiger partial charge in [-0.15, -0.1) is 0 Å². The Hall–Kier alpha value is -3.66. The molecule has 0 radical (unpaired) electrons. The van der Waals surface area contributed by atoms with Crippen molar-refractivity contribution >= 4 is 22.4 Å². The number of rotatable bonds is 5. The molecule has 1 heterocycles. The molecule has 0 atom stereocenters. The van der Waals surface area contributed by atoms with Gasteiger partial charge in [-0.3, -0.25) is 9.59 Å². The van der Waals surface area contributed by atoms with Gasteiger partial charge >= 0.3 is 0 Å². The van der Waals surface area contributed by atoms with E-state index in [1.54, 1.807) is 21.7 Å². The third kappa shape index (κ3) is 3.90. The highest BCUT2D eigenvalue weighted by atomic mass is 16.2. The maximum absolute atomic E-state index is 13.2. The zero-order valence-corrected chi connectivity index (χ0v) is 17.2. The number of aromatic nitrogens is 1. The van der Waals surface area contributed by atoms with Crippen molar-refractivity contribution in [2.45, 2.75) is 20.4 Å². The zero-order chi connectivity index (χ0) is 21.1. The Morgan fingerprint density at radius 1 is 0.933 bits per heavy atom. The molecule has 1 aromatic heterocycles. The van der Waals surface area contributed by atoms with Crippen LogP contribution in [0.2, 0.25) is 0 Å². The molecule has 4 rings (SSSR count). The van der Waals surface area contributed by atoms with E-state index >= 15 is 0 Å². The van der Waals surface area contributed by atoms with E-state index in [2.05, 4.69) is 18.2 Å². The molecule has 30 heavy (non-hydrogen) atoms. The lowest BCUT2D eigenvalue weighted by atomic mass is 10.0. The Morgan fingerprint density at radius 2 is 1.70 bits per heavy atom. The molecule has 0 aliphatic heterocycles. The van der Waals surface area contributed by atoms with Gasteiger partial charge in [-0.1, -0.05) is 54.6 Å². The van der Waals surface area contributed by atoms with E-state index in [0.29, 0.717) is 18.7 Å². The van der Waals surface area contributed by atoms with Crippen molar-refractivity contribution in [1.82, 2.24) is 4.57 Å². The first kappa shape index (κ1) is 19.6. The fourth-order valence-corrected chi connectivity index (χ4v) is 3.79. The van der Waals surface area contributed by atoms with Crippen LogP contribution in [0.1, 0.15) is 28.4 Å². The summed E-state index contributed by atoms with van der Waals surface area (Å²) in [4.78, 5) is 27.5. The highest BCUT2D eigenvalue weighted by Crippen LogP contribution is 2.20. The monoisotopic (exact) mass is 396 g/mol. The Bertz CT molecular complexity index is 1270. The van der Waals surface area contributed by atoms with Gasteiger partial charge in [0.1, 0.15) is 0 Å². The molecular formula is C26H24N2O2. The smallest absolute Gasteiger partial charge is 0.259 e. The van der Waals surface area contributed by atoms with Crippen LogP contribution in [0.15, 0.2) is 89.9 Å². The van der Waals surface area contributed by atoms with E-state index in [-0.39, 0.29) is 11.5 Å². The number of fused-ring (bicyclic) bond motifs is 1. The van der Waals surface area contributed by atoms with Gasteiger partial charge in [-0.05, 0) is 53.9 Å². The first-order chi connectivity index (χ1) is 14.6. The van der Waals surface area contributed by atoms with Gasteiger partial charge in [-0.25, -0.2) is 0 Å². The quantitative estimate of drug-likeness (QED) is 0.475. The second-order valence-corrected chi connectivity index (χ2v) is 7.41. The molecule has 0 spiro atoms. The van der Waals surface area contributed by atoms with Gasteiger partial charge in [0, 0.05) is 24.5 Å². The van der Waals surface area contributed by atoms with Gasteiger partial charge < -0.3 is 9.47 Å². The fraction of sp³-hybridized carbons (Fsp3) is 0.154. The lowest BCUT2D eigenvalue weighted by molar-refractivity contribution is 0.0987. The van der Waals surface area contributed by atoms with E-state index in [0.717, 1.165) is 27.6 Å². The largest absolute Gasteiger partial charge is 0.310 e. The van der Waals surface area contributed by atoms with Crippen LogP contribution in [-0.4, -0.2) is 17.0 Å².